The molecular formula is C50H33NO2. The zero-order valence-electron chi connectivity index (χ0n) is 28.9. The topological polar surface area (TPSA) is 29.5 Å². The van der Waals surface area contributed by atoms with Crippen LogP contribution in [0.3, 0.4) is 0 Å². The SMILES string of the molecule is C=C/C=C\c1cccc(-c2cccc(N(c3ccccc3-c3ccc4oc5cc6ccccc6cc5c4c3)c3cccc4oc5ccccc5c34)c2)c1. The first-order chi connectivity index (χ1) is 26.2. The summed E-state index contributed by atoms with van der Waals surface area (Å²) in [6.45, 7) is 3.84. The molecule has 0 aliphatic carbocycles. The third-order valence-electron chi connectivity index (χ3n) is 10.2. The van der Waals surface area contributed by atoms with Crippen LogP contribution in [0.25, 0.3) is 83.0 Å². The lowest BCUT2D eigenvalue weighted by molar-refractivity contribution is 0.669. The van der Waals surface area contributed by atoms with Crippen LogP contribution >= 0.6 is 0 Å². The number of hydrogen-bond acceptors (Lipinski definition) is 3. The summed E-state index contributed by atoms with van der Waals surface area (Å²) in [6, 6.07) is 60.1. The van der Waals surface area contributed by atoms with E-state index in [1.54, 1.807) is 6.08 Å². The predicted octanol–water partition coefficient (Wildman–Crippen LogP) is 14.6. The maximum Gasteiger partial charge on any atom is 0.137 e. The van der Waals surface area contributed by atoms with Gasteiger partial charge in [-0.15, -0.1) is 0 Å². The van der Waals surface area contributed by atoms with Gasteiger partial charge in [0, 0.05) is 27.4 Å². The molecule has 250 valence electrons. The number of para-hydroxylation sites is 2. The number of anilines is 3. The monoisotopic (exact) mass is 679 g/mol. The van der Waals surface area contributed by atoms with E-state index in [2.05, 4.69) is 175 Å². The quantitative estimate of drug-likeness (QED) is 0.157. The lowest BCUT2D eigenvalue weighted by Gasteiger charge is -2.29. The van der Waals surface area contributed by atoms with Crippen molar-refractivity contribution in [1.29, 1.82) is 0 Å². The molecule has 0 aliphatic rings. The number of rotatable bonds is 7. The van der Waals surface area contributed by atoms with Gasteiger partial charge in [0.2, 0.25) is 0 Å². The molecule has 0 spiro atoms. The summed E-state index contributed by atoms with van der Waals surface area (Å²) < 4.78 is 12.8. The minimum Gasteiger partial charge on any atom is -0.456 e. The molecule has 0 bridgehead atoms. The number of allylic oxidation sites excluding steroid dienone is 2. The summed E-state index contributed by atoms with van der Waals surface area (Å²) in [6.07, 6.45) is 5.85. The van der Waals surface area contributed by atoms with Crippen LogP contribution in [0.5, 0.6) is 0 Å². The van der Waals surface area contributed by atoms with Crippen LogP contribution in [-0.4, -0.2) is 0 Å². The van der Waals surface area contributed by atoms with E-state index in [-0.39, 0.29) is 0 Å². The van der Waals surface area contributed by atoms with E-state index in [0.717, 1.165) is 88.8 Å². The summed E-state index contributed by atoms with van der Waals surface area (Å²) in [7, 11) is 0. The third-order valence-corrected chi connectivity index (χ3v) is 10.2. The Morgan fingerprint density at radius 1 is 0.453 bits per heavy atom. The minimum absolute atomic E-state index is 0.850. The van der Waals surface area contributed by atoms with Crippen LogP contribution < -0.4 is 4.90 Å². The molecule has 2 heterocycles. The van der Waals surface area contributed by atoms with Gasteiger partial charge in [0.15, 0.2) is 0 Å². The number of benzene rings is 8. The smallest absolute Gasteiger partial charge is 0.137 e. The van der Waals surface area contributed by atoms with Crippen molar-refractivity contribution in [3.8, 4) is 22.3 Å². The summed E-state index contributed by atoms with van der Waals surface area (Å²) >= 11 is 0. The maximum absolute atomic E-state index is 6.43. The Balaban J connectivity index is 1.20. The van der Waals surface area contributed by atoms with Crippen molar-refractivity contribution >= 4 is 77.8 Å². The highest BCUT2D eigenvalue weighted by atomic mass is 16.3. The van der Waals surface area contributed by atoms with Crippen molar-refractivity contribution < 1.29 is 8.83 Å². The molecular weight excluding hydrogens is 647 g/mol. The van der Waals surface area contributed by atoms with Gasteiger partial charge < -0.3 is 13.7 Å². The molecule has 0 amide bonds. The van der Waals surface area contributed by atoms with E-state index < -0.39 is 0 Å². The zero-order valence-corrected chi connectivity index (χ0v) is 28.9. The van der Waals surface area contributed by atoms with E-state index >= 15 is 0 Å². The van der Waals surface area contributed by atoms with Crippen molar-refractivity contribution in [1.82, 2.24) is 0 Å². The number of furan rings is 2. The number of hydrogen-bond donors (Lipinski definition) is 0. The summed E-state index contributed by atoms with van der Waals surface area (Å²) in [5.74, 6) is 0. The molecule has 0 fully saturated rings. The van der Waals surface area contributed by atoms with Crippen LogP contribution in [0.15, 0.2) is 197 Å². The molecule has 3 nitrogen and oxygen atoms in total. The average Bonchev–Trinajstić information content (AvgIpc) is 3.77. The van der Waals surface area contributed by atoms with Crippen LogP contribution in [0.1, 0.15) is 5.56 Å². The average molecular weight is 680 g/mol. The first kappa shape index (κ1) is 30.7. The summed E-state index contributed by atoms with van der Waals surface area (Å²) in [4.78, 5) is 2.38. The van der Waals surface area contributed by atoms with Gasteiger partial charge in [-0.05, 0) is 99.8 Å². The molecule has 3 heteroatoms. The molecule has 0 N–H and O–H groups in total. The molecule has 8 aromatic carbocycles. The van der Waals surface area contributed by atoms with Crippen molar-refractivity contribution in [3.63, 3.8) is 0 Å². The molecule has 0 aliphatic heterocycles. The van der Waals surface area contributed by atoms with Crippen molar-refractivity contribution in [2.45, 2.75) is 0 Å². The standard InChI is InChI=1S/C50H33NO2/c1-2-3-13-33-14-10-17-34(28-33)35-18-11-19-39(29-35)51(45-23-12-25-48-50(45)41-21-7-9-24-46(41)52-48)44-22-8-6-20-40(44)38-26-27-47-42(31-38)43-30-36-15-4-5-16-37(36)32-49(43)53-47/h2-32H,1H2/b13-3-. The highest BCUT2D eigenvalue weighted by Crippen LogP contribution is 2.47. The molecule has 0 radical (unpaired) electrons. The normalized spacial score (nSPS) is 11.8. The molecule has 0 saturated heterocycles. The molecule has 0 saturated carbocycles. The van der Waals surface area contributed by atoms with Gasteiger partial charge in [-0.1, -0.05) is 128 Å². The first-order valence-electron chi connectivity index (χ1n) is 17.9. The van der Waals surface area contributed by atoms with Crippen LogP contribution in [0, 0.1) is 0 Å². The fraction of sp³-hybridized carbons (Fsp3) is 0. The second kappa shape index (κ2) is 12.6. The fourth-order valence-corrected chi connectivity index (χ4v) is 7.72. The van der Waals surface area contributed by atoms with Gasteiger partial charge in [0.25, 0.3) is 0 Å². The van der Waals surface area contributed by atoms with E-state index in [0.29, 0.717) is 0 Å². The Labute approximate surface area is 306 Å². The molecule has 53 heavy (non-hydrogen) atoms. The van der Waals surface area contributed by atoms with Crippen molar-refractivity contribution in [2.75, 3.05) is 4.90 Å². The van der Waals surface area contributed by atoms with E-state index in [1.807, 2.05) is 18.2 Å². The van der Waals surface area contributed by atoms with Crippen LogP contribution in [0.4, 0.5) is 17.1 Å². The van der Waals surface area contributed by atoms with Crippen LogP contribution in [-0.2, 0) is 0 Å². The molecule has 10 rings (SSSR count). The Bertz CT molecular complexity index is 3050. The maximum atomic E-state index is 6.43. The van der Waals surface area contributed by atoms with Gasteiger partial charge >= 0.3 is 0 Å². The van der Waals surface area contributed by atoms with Crippen molar-refractivity contribution in [3.05, 3.63) is 194 Å². The Morgan fingerprint density at radius 3 is 2.04 bits per heavy atom. The number of fused-ring (bicyclic) bond motifs is 7. The highest BCUT2D eigenvalue weighted by Gasteiger charge is 2.22. The molecule has 0 atom stereocenters. The van der Waals surface area contributed by atoms with Crippen molar-refractivity contribution in [2.24, 2.45) is 0 Å². The number of nitrogens with zero attached hydrogens (tertiary/aromatic N) is 1. The van der Waals surface area contributed by atoms with Gasteiger partial charge in [0.05, 0.1) is 16.8 Å². The summed E-state index contributed by atoms with van der Waals surface area (Å²) in [5.41, 5.74) is 12.2. The Morgan fingerprint density at radius 2 is 1.13 bits per heavy atom. The summed E-state index contributed by atoms with van der Waals surface area (Å²) in [5, 5.41) is 6.73. The highest BCUT2D eigenvalue weighted by molar-refractivity contribution is 6.15. The van der Waals surface area contributed by atoms with Gasteiger partial charge in [-0.3, -0.25) is 0 Å². The Hall–Kier alpha value is -7.10. The molecule has 2 aromatic heterocycles. The zero-order chi connectivity index (χ0) is 35.3. The van der Waals surface area contributed by atoms with Crippen LogP contribution in [0.2, 0.25) is 0 Å². The third kappa shape index (κ3) is 5.30. The van der Waals surface area contributed by atoms with E-state index in [9.17, 15) is 0 Å². The second-order valence-corrected chi connectivity index (χ2v) is 13.4. The minimum atomic E-state index is 0.850. The second-order valence-electron chi connectivity index (χ2n) is 13.4. The van der Waals surface area contributed by atoms with Gasteiger partial charge in [0.1, 0.15) is 22.3 Å². The lowest BCUT2D eigenvalue weighted by atomic mass is 9.98. The predicted molar refractivity (Wildman–Crippen MR) is 223 cm³/mol. The lowest BCUT2D eigenvalue weighted by Crippen LogP contribution is -2.11. The van der Waals surface area contributed by atoms with E-state index in [4.69, 9.17) is 8.83 Å². The van der Waals surface area contributed by atoms with Gasteiger partial charge in [-0.2, -0.15) is 0 Å². The molecule has 10 aromatic rings. The first-order valence-corrected chi connectivity index (χ1v) is 17.9. The largest absolute Gasteiger partial charge is 0.456 e. The Kier molecular flexibility index (Phi) is 7.29. The fourth-order valence-electron chi connectivity index (χ4n) is 7.72. The molecule has 0 unspecified atom stereocenters. The van der Waals surface area contributed by atoms with Gasteiger partial charge in [-0.25, -0.2) is 0 Å². The van der Waals surface area contributed by atoms with E-state index in [1.165, 1.54) is 10.8 Å².